The summed E-state index contributed by atoms with van der Waals surface area (Å²) in [6.07, 6.45) is 2.48. The lowest BCUT2D eigenvalue weighted by atomic mass is 10.1. The summed E-state index contributed by atoms with van der Waals surface area (Å²) in [5.41, 5.74) is 2.16. The van der Waals surface area contributed by atoms with Gasteiger partial charge in [-0.3, -0.25) is 15.0 Å². The lowest BCUT2D eigenvalue weighted by Gasteiger charge is -2.35. The van der Waals surface area contributed by atoms with Gasteiger partial charge in [0, 0.05) is 25.8 Å². The van der Waals surface area contributed by atoms with Gasteiger partial charge in [-0.2, -0.15) is 0 Å². The maximum Gasteiger partial charge on any atom is 0.329 e. The molecule has 3 aromatic rings. The van der Waals surface area contributed by atoms with E-state index in [1.54, 1.807) is 29.3 Å². The molecule has 1 fully saturated rings. The summed E-state index contributed by atoms with van der Waals surface area (Å²) in [5.74, 6) is 0.713. The molecule has 1 unspecified atom stereocenters. The third kappa shape index (κ3) is 3.79. The fourth-order valence-corrected chi connectivity index (χ4v) is 4.07. The van der Waals surface area contributed by atoms with Crippen molar-refractivity contribution in [3.8, 4) is 0 Å². The highest BCUT2D eigenvalue weighted by molar-refractivity contribution is 6.05. The van der Waals surface area contributed by atoms with Crippen molar-refractivity contribution < 1.29 is 9.59 Å². The second-order valence-corrected chi connectivity index (χ2v) is 7.61. The van der Waals surface area contributed by atoms with Crippen LogP contribution in [0.15, 0.2) is 66.9 Å². The van der Waals surface area contributed by atoms with Gasteiger partial charge in [0.15, 0.2) is 5.82 Å². The summed E-state index contributed by atoms with van der Waals surface area (Å²) >= 11 is 0. The van der Waals surface area contributed by atoms with Gasteiger partial charge in [-0.15, -0.1) is 0 Å². The van der Waals surface area contributed by atoms with E-state index in [0.29, 0.717) is 18.2 Å². The minimum Gasteiger partial charge on any atom is -0.366 e. The first-order chi connectivity index (χ1) is 15.2. The normalized spacial score (nSPS) is 16.6. The Balaban J connectivity index is 1.40. The Morgan fingerprint density at radius 1 is 1.03 bits per heavy atom. The zero-order valence-electron chi connectivity index (χ0n) is 16.9. The molecule has 4 heterocycles. The van der Waals surface area contributed by atoms with E-state index in [-0.39, 0.29) is 23.7 Å². The van der Waals surface area contributed by atoms with E-state index in [2.05, 4.69) is 25.5 Å². The third-order valence-corrected chi connectivity index (χ3v) is 5.60. The highest BCUT2D eigenvalue weighted by atomic mass is 16.2. The van der Waals surface area contributed by atoms with Crippen molar-refractivity contribution in [3.63, 3.8) is 0 Å². The lowest BCUT2D eigenvalue weighted by molar-refractivity contribution is 0.0946. The summed E-state index contributed by atoms with van der Waals surface area (Å²) in [5, 5.41) is 5.75. The van der Waals surface area contributed by atoms with Crippen molar-refractivity contribution in [2.45, 2.75) is 19.0 Å². The first-order valence-electron chi connectivity index (χ1n) is 10.3. The maximum absolute atomic E-state index is 13.1. The van der Waals surface area contributed by atoms with Crippen LogP contribution in [0.5, 0.6) is 0 Å². The highest BCUT2D eigenvalue weighted by Crippen LogP contribution is 2.39. The minimum atomic E-state index is -0.291. The summed E-state index contributed by atoms with van der Waals surface area (Å²) in [6, 6.07) is 18.4. The molecule has 5 rings (SSSR count). The number of amides is 3. The number of hydrogen-bond donors (Lipinski definition) is 2. The van der Waals surface area contributed by atoms with Crippen molar-refractivity contribution in [1.82, 2.24) is 15.3 Å². The number of aromatic nitrogens is 2. The van der Waals surface area contributed by atoms with Crippen LogP contribution in [0.3, 0.4) is 0 Å². The standard InChI is InChI=1S/C23H22N6O2/c30-22(25-14-16-6-2-1-3-7-16)18-9-10-19-21(26-18)29(17-11-13-28(19)15-17)23(31)27-20-8-4-5-12-24-20/h1-10,12,17H,11,13-15H2,(H,25,30)(H,24,27,31). The number of carbonyl (C=O) groups is 2. The van der Waals surface area contributed by atoms with Crippen LogP contribution >= 0.6 is 0 Å². The number of nitrogens with zero attached hydrogens (tertiary/aromatic N) is 4. The number of pyridine rings is 2. The molecule has 0 saturated carbocycles. The fourth-order valence-electron chi connectivity index (χ4n) is 4.07. The van der Waals surface area contributed by atoms with E-state index in [1.165, 1.54) is 0 Å². The molecule has 3 amide bonds. The number of anilines is 3. The van der Waals surface area contributed by atoms with Crippen LogP contribution in [-0.4, -0.2) is 41.0 Å². The smallest absolute Gasteiger partial charge is 0.329 e. The minimum absolute atomic E-state index is 0.00587. The second-order valence-electron chi connectivity index (χ2n) is 7.61. The number of carbonyl (C=O) groups excluding carboxylic acids is 2. The average Bonchev–Trinajstić information content (AvgIpc) is 3.22. The molecule has 2 aliphatic rings. The molecule has 1 aromatic carbocycles. The van der Waals surface area contributed by atoms with Gasteiger partial charge in [0.2, 0.25) is 0 Å². The van der Waals surface area contributed by atoms with E-state index >= 15 is 0 Å². The van der Waals surface area contributed by atoms with Gasteiger partial charge in [-0.25, -0.2) is 14.8 Å². The zero-order valence-corrected chi connectivity index (χ0v) is 16.9. The van der Waals surface area contributed by atoms with Gasteiger partial charge in [0.05, 0.1) is 11.7 Å². The Hall–Kier alpha value is -3.94. The molecule has 0 spiro atoms. The van der Waals surface area contributed by atoms with E-state index in [0.717, 1.165) is 30.8 Å². The van der Waals surface area contributed by atoms with Gasteiger partial charge in [-0.1, -0.05) is 36.4 Å². The second kappa shape index (κ2) is 8.06. The molecule has 1 atom stereocenters. The van der Waals surface area contributed by atoms with Crippen LogP contribution in [0.4, 0.5) is 22.1 Å². The van der Waals surface area contributed by atoms with Crippen molar-refractivity contribution in [1.29, 1.82) is 0 Å². The Kier molecular flexibility index (Phi) is 4.95. The van der Waals surface area contributed by atoms with E-state index in [9.17, 15) is 9.59 Å². The first kappa shape index (κ1) is 19.0. The molecule has 8 heteroatoms. The van der Waals surface area contributed by atoms with Gasteiger partial charge in [-0.05, 0) is 36.2 Å². The number of fused-ring (bicyclic) bond motifs is 4. The summed E-state index contributed by atoms with van der Waals surface area (Å²) < 4.78 is 0. The molecular weight excluding hydrogens is 392 g/mol. The van der Waals surface area contributed by atoms with Crippen molar-refractivity contribution in [2.24, 2.45) is 0 Å². The largest absolute Gasteiger partial charge is 0.366 e. The Labute approximate surface area is 179 Å². The third-order valence-electron chi connectivity index (χ3n) is 5.60. The van der Waals surface area contributed by atoms with Crippen LogP contribution in [0.1, 0.15) is 22.5 Å². The number of hydrogen-bond acceptors (Lipinski definition) is 5. The number of benzene rings is 1. The summed E-state index contributed by atoms with van der Waals surface area (Å²) in [4.78, 5) is 38.5. The predicted molar refractivity (Wildman–Crippen MR) is 118 cm³/mol. The number of urea groups is 1. The summed E-state index contributed by atoms with van der Waals surface area (Å²) in [7, 11) is 0. The molecule has 8 nitrogen and oxygen atoms in total. The Morgan fingerprint density at radius 3 is 2.68 bits per heavy atom. The number of nitrogens with one attached hydrogen (secondary N) is 2. The van der Waals surface area contributed by atoms with Crippen LogP contribution in [0, 0.1) is 0 Å². The van der Waals surface area contributed by atoms with Crippen LogP contribution in [-0.2, 0) is 6.54 Å². The van der Waals surface area contributed by atoms with E-state index in [1.807, 2.05) is 42.5 Å². The zero-order chi connectivity index (χ0) is 21.2. The molecule has 1 saturated heterocycles. The molecule has 0 radical (unpaired) electrons. The van der Waals surface area contributed by atoms with E-state index in [4.69, 9.17) is 0 Å². The highest BCUT2D eigenvalue weighted by Gasteiger charge is 2.40. The van der Waals surface area contributed by atoms with Gasteiger partial charge in [0.1, 0.15) is 11.5 Å². The summed E-state index contributed by atoms with van der Waals surface area (Å²) in [6.45, 7) is 2.02. The molecule has 0 aliphatic carbocycles. The monoisotopic (exact) mass is 414 g/mol. The van der Waals surface area contributed by atoms with Crippen LogP contribution < -0.4 is 20.4 Å². The molecule has 31 heavy (non-hydrogen) atoms. The van der Waals surface area contributed by atoms with Gasteiger partial charge >= 0.3 is 6.03 Å². The predicted octanol–water partition coefficient (Wildman–Crippen LogP) is 3.04. The van der Waals surface area contributed by atoms with Crippen LogP contribution in [0.25, 0.3) is 0 Å². The van der Waals surface area contributed by atoms with Crippen molar-refractivity contribution >= 4 is 29.3 Å². The Bertz CT molecular complexity index is 1110. The topological polar surface area (TPSA) is 90.5 Å². The van der Waals surface area contributed by atoms with E-state index < -0.39 is 0 Å². The van der Waals surface area contributed by atoms with Gasteiger partial charge in [0.25, 0.3) is 5.91 Å². The molecule has 156 valence electrons. The molecule has 2 bridgehead atoms. The lowest BCUT2D eigenvalue weighted by Crippen LogP contribution is -2.48. The van der Waals surface area contributed by atoms with Crippen molar-refractivity contribution in [3.05, 3.63) is 78.1 Å². The maximum atomic E-state index is 13.1. The van der Waals surface area contributed by atoms with Gasteiger partial charge < -0.3 is 10.2 Å². The first-order valence-corrected chi connectivity index (χ1v) is 10.3. The fraction of sp³-hybridized carbons (Fsp3) is 0.217. The molecule has 2 aromatic heterocycles. The molecule has 2 aliphatic heterocycles. The Morgan fingerprint density at radius 2 is 1.87 bits per heavy atom. The quantitative estimate of drug-likeness (QED) is 0.685. The van der Waals surface area contributed by atoms with Crippen molar-refractivity contribution in [2.75, 3.05) is 28.2 Å². The molecular formula is C23H22N6O2. The van der Waals surface area contributed by atoms with Crippen LogP contribution in [0.2, 0.25) is 0 Å². The number of rotatable bonds is 4. The molecule has 2 N–H and O–H groups in total. The average molecular weight is 414 g/mol. The SMILES string of the molecule is O=C(NCc1ccccc1)c1ccc2c(n1)N(C(=O)Nc1ccccn1)C1CCN2C1.